The Morgan fingerprint density at radius 3 is 2.47 bits per heavy atom. The van der Waals surface area contributed by atoms with Gasteiger partial charge in [0.1, 0.15) is 0 Å². The summed E-state index contributed by atoms with van der Waals surface area (Å²) in [6.07, 6.45) is 6.01. The minimum Gasteiger partial charge on any atom is -0.330 e. The van der Waals surface area contributed by atoms with Gasteiger partial charge < -0.3 is 5.73 Å². The predicted octanol–water partition coefficient (Wildman–Crippen LogP) is 2.76. The van der Waals surface area contributed by atoms with Crippen LogP contribution in [0.5, 0.6) is 0 Å². The first kappa shape index (κ1) is 12.2. The van der Waals surface area contributed by atoms with E-state index in [0.29, 0.717) is 0 Å². The number of rotatable bonds is 6. The largest absolute Gasteiger partial charge is 0.330 e. The van der Waals surface area contributed by atoms with E-state index in [4.69, 9.17) is 5.73 Å². The maximum absolute atomic E-state index is 5.45. The minimum atomic E-state index is 0.821. The summed E-state index contributed by atoms with van der Waals surface area (Å²) in [6, 6.07) is 4.31. The van der Waals surface area contributed by atoms with E-state index in [-0.39, 0.29) is 0 Å². The second-order valence-corrected chi connectivity index (χ2v) is 4.23. The summed E-state index contributed by atoms with van der Waals surface area (Å²) in [6.45, 7) is 5.01. The first-order valence-corrected chi connectivity index (χ1v) is 5.86. The summed E-state index contributed by atoms with van der Waals surface area (Å²) < 4.78 is 0. The van der Waals surface area contributed by atoms with Gasteiger partial charge in [-0.15, -0.1) is 0 Å². The zero-order chi connectivity index (χ0) is 11.1. The molecule has 1 rings (SSSR count). The highest BCUT2D eigenvalue weighted by atomic mass is 14.7. The number of aromatic nitrogens is 1. The second-order valence-electron chi connectivity index (χ2n) is 4.23. The van der Waals surface area contributed by atoms with Gasteiger partial charge in [-0.1, -0.05) is 12.8 Å². The molecule has 0 spiro atoms. The van der Waals surface area contributed by atoms with Crippen LogP contribution < -0.4 is 5.73 Å². The van der Waals surface area contributed by atoms with Gasteiger partial charge in [-0.05, 0) is 57.4 Å². The highest BCUT2D eigenvalue weighted by Gasteiger charge is 1.97. The number of nitrogens with two attached hydrogens (primary N) is 1. The Morgan fingerprint density at radius 1 is 1.07 bits per heavy atom. The van der Waals surface area contributed by atoms with Gasteiger partial charge in [-0.25, -0.2) is 0 Å². The molecule has 0 bridgehead atoms. The van der Waals surface area contributed by atoms with Crippen LogP contribution in [0.4, 0.5) is 0 Å². The Labute approximate surface area is 92.9 Å². The first-order valence-electron chi connectivity index (χ1n) is 5.86. The van der Waals surface area contributed by atoms with Crippen molar-refractivity contribution in [2.45, 2.75) is 46.0 Å². The lowest BCUT2D eigenvalue weighted by Gasteiger charge is -2.04. The van der Waals surface area contributed by atoms with Gasteiger partial charge in [0.05, 0.1) is 0 Å². The molecule has 1 aromatic rings. The minimum absolute atomic E-state index is 0.821. The topological polar surface area (TPSA) is 38.9 Å². The van der Waals surface area contributed by atoms with Gasteiger partial charge in [0.15, 0.2) is 0 Å². The van der Waals surface area contributed by atoms with E-state index in [1.54, 1.807) is 0 Å². The van der Waals surface area contributed by atoms with Crippen LogP contribution in [0.2, 0.25) is 0 Å². The Kier molecular flexibility index (Phi) is 5.33. The number of pyridine rings is 1. The van der Waals surface area contributed by atoms with Gasteiger partial charge >= 0.3 is 0 Å². The molecule has 0 saturated heterocycles. The van der Waals surface area contributed by atoms with E-state index in [2.05, 4.69) is 31.0 Å². The predicted molar refractivity (Wildman–Crippen MR) is 64.9 cm³/mol. The van der Waals surface area contributed by atoms with Crippen molar-refractivity contribution in [3.8, 4) is 0 Å². The van der Waals surface area contributed by atoms with Crippen LogP contribution in [-0.2, 0) is 6.42 Å². The summed E-state index contributed by atoms with van der Waals surface area (Å²) in [5.41, 5.74) is 9.14. The third-order valence-corrected chi connectivity index (χ3v) is 2.54. The Morgan fingerprint density at radius 2 is 1.80 bits per heavy atom. The van der Waals surface area contributed by atoms with Crippen molar-refractivity contribution >= 4 is 0 Å². The monoisotopic (exact) mass is 206 g/mol. The van der Waals surface area contributed by atoms with E-state index in [0.717, 1.165) is 25.1 Å². The molecule has 0 amide bonds. The molecular formula is C13H22N2. The molecule has 2 heteroatoms. The highest BCUT2D eigenvalue weighted by Crippen LogP contribution is 2.09. The van der Waals surface area contributed by atoms with Gasteiger partial charge in [-0.3, -0.25) is 4.98 Å². The smallest absolute Gasteiger partial charge is 0.0409 e. The molecule has 0 aliphatic rings. The molecule has 1 aromatic heterocycles. The zero-order valence-electron chi connectivity index (χ0n) is 9.92. The fraction of sp³-hybridized carbons (Fsp3) is 0.615. The average molecular weight is 206 g/mol. The molecule has 0 unspecified atom stereocenters. The number of aryl methyl sites for hydroxylation is 3. The molecule has 2 N–H and O–H groups in total. The third-order valence-electron chi connectivity index (χ3n) is 2.54. The normalized spacial score (nSPS) is 10.6. The quantitative estimate of drug-likeness (QED) is 0.727. The van der Waals surface area contributed by atoms with E-state index in [1.165, 1.54) is 30.5 Å². The first-order chi connectivity index (χ1) is 7.22. The highest BCUT2D eigenvalue weighted by molar-refractivity contribution is 5.19. The lowest BCUT2D eigenvalue weighted by molar-refractivity contribution is 0.641. The Balaban J connectivity index is 2.31. The summed E-state index contributed by atoms with van der Waals surface area (Å²) in [7, 11) is 0. The van der Waals surface area contributed by atoms with Crippen molar-refractivity contribution in [1.82, 2.24) is 4.98 Å². The number of nitrogens with zero attached hydrogens (tertiary/aromatic N) is 1. The van der Waals surface area contributed by atoms with E-state index in [1.807, 2.05) is 0 Å². The van der Waals surface area contributed by atoms with Crippen molar-refractivity contribution in [3.63, 3.8) is 0 Å². The summed E-state index contributed by atoms with van der Waals surface area (Å²) in [5, 5.41) is 0. The zero-order valence-corrected chi connectivity index (χ0v) is 9.92. The van der Waals surface area contributed by atoms with Gasteiger partial charge in [-0.2, -0.15) is 0 Å². The molecule has 0 aliphatic heterocycles. The van der Waals surface area contributed by atoms with Crippen LogP contribution in [0.3, 0.4) is 0 Å². The molecule has 2 nitrogen and oxygen atoms in total. The van der Waals surface area contributed by atoms with E-state index in [9.17, 15) is 0 Å². The molecule has 0 aliphatic carbocycles. The van der Waals surface area contributed by atoms with E-state index < -0.39 is 0 Å². The molecule has 0 atom stereocenters. The van der Waals surface area contributed by atoms with Crippen molar-refractivity contribution in [1.29, 1.82) is 0 Å². The fourth-order valence-corrected chi connectivity index (χ4v) is 1.86. The molecular weight excluding hydrogens is 184 g/mol. The standard InChI is InChI=1S/C13H22N2/c1-11-9-12(2)15-13(10-11)7-5-3-4-6-8-14/h9-10H,3-8,14H2,1-2H3. The van der Waals surface area contributed by atoms with Crippen LogP contribution in [0.25, 0.3) is 0 Å². The maximum atomic E-state index is 5.45. The number of hydrogen-bond acceptors (Lipinski definition) is 2. The Hall–Kier alpha value is -0.890. The fourth-order valence-electron chi connectivity index (χ4n) is 1.86. The lowest BCUT2D eigenvalue weighted by Crippen LogP contribution is -1.98. The van der Waals surface area contributed by atoms with Crippen LogP contribution >= 0.6 is 0 Å². The van der Waals surface area contributed by atoms with Crippen LogP contribution in [0.1, 0.15) is 42.6 Å². The average Bonchev–Trinajstić information content (AvgIpc) is 2.16. The maximum Gasteiger partial charge on any atom is 0.0409 e. The summed E-state index contributed by atoms with van der Waals surface area (Å²) in [5.74, 6) is 0. The number of unbranched alkanes of at least 4 members (excludes halogenated alkanes) is 3. The van der Waals surface area contributed by atoms with Crippen LogP contribution in [-0.4, -0.2) is 11.5 Å². The molecule has 0 fully saturated rings. The molecule has 0 saturated carbocycles. The SMILES string of the molecule is Cc1cc(C)nc(CCCCCCN)c1. The molecule has 84 valence electrons. The van der Waals surface area contributed by atoms with Gasteiger partial charge in [0, 0.05) is 11.4 Å². The molecule has 15 heavy (non-hydrogen) atoms. The summed E-state index contributed by atoms with van der Waals surface area (Å²) >= 11 is 0. The van der Waals surface area contributed by atoms with Gasteiger partial charge in [0.2, 0.25) is 0 Å². The van der Waals surface area contributed by atoms with Crippen LogP contribution in [0.15, 0.2) is 12.1 Å². The Bertz CT molecular complexity index is 274. The van der Waals surface area contributed by atoms with Crippen molar-refractivity contribution in [2.75, 3.05) is 6.54 Å². The molecule has 0 aromatic carbocycles. The van der Waals surface area contributed by atoms with Crippen molar-refractivity contribution in [2.24, 2.45) is 5.73 Å². The molecule has 0 radical (unpaired) electrons. The van der Waals surface area contributed by atoms with Crippen molar-refractivity contribution in [3.05, 3.63) is 29.1 Å². The van der Waals surface area contributed by atoms with E-state index >= 15 is 0 Å². The second kappa shape index (κ2) is 6.57. The van der Waals surface area contributed by atoms with Gasteiger partial charge in [0.25, 0.3) is 0 Å². The van der Waals surface area contributed by atoms with Crippen molar-refractivity contribution < 1.29 is 0 Å². The summed E-state index contributed by atoms with van der Waals surface area (Å²) in [4.78, 5) is 4.53. The number of hydrogen-bond donors (Lipinski definition) is 1. The lowest BCUT2D eigenvalue weighted by atomic mass is 10.1. The molecule has 1 heterocycles. The third kappa shape index (κ3) is 4.93. The van der Waals surface area contributed by atoms with Crippen LogP contribution in [0, 0.1) is 13.8 Å².